The van der Waals surface area contributed by atoms with Gasteiger partial charge in [-0.15, -0.1) is 0 Å². The van der Waals surface area contributed by atoms with Gasteiger partial charge in [-0.2, -0.15) is 0 Å². The Kier molecular flexibility index (Phi) is 5.80. The van der Waals surface area contributed by atoms with Crippen molar-refractivity contribution in [3.63, 3.8) is 0 Å². The van der Waals surface area contributed by atoms with Crippen molar-refractivity contribution in [3.05, 3.63) is 59.8 Å². The highest BCUT2D eigenvalue weighted by Crippen LogP contribution is 2.16. The smallest absolute Gasteiger partial charge is 0.326 e. The zero-order valence-corrected chi connectivity index (χ0v) is 14.1. The number of amides is 1. The number of benzene rings is 1. The number of carboxylic acid groups (broad SMARTS) is 1. The number of ether oxygens (including phenoxy) is 2. The maximum Gasteiger partial charge on any atom is 0.326 e. The molecule has 2 atom stereocenters. The highest BCUT2D eigenvalue weighted by Gasteiger charge is 2.22. The van der Waals surface area contributed by atoms with E-state index in [-0.39, 0.29) is 12.5 Å². The normalized spacial score (nSPS) is 17.5. The average Bonchev–Trinajstić information content (AvgIpc) is 3.15. The lowest BCUT2D eigenvalue weighted by molar-refractivity contribution is -0.139. The summed E-state index contributed by atoms with van der Waals surface area (Å²) < 4.78 is 10.9. The van der Waals surface area contributed by atoms with Crippen LogP contribution in [0.5, 0.6) is 5.88 Å². The van der Waals surface area contributed by atoms with Crippen LogP contribution in [0.3, 0.4) is 0 Å². The molecular formula is C19H20N2O5. The van der Waals surface area contributed by atoms with Crippen LogP contribution in [0, 0.1) is 0 Å². The van der Waals surface area contributed by atoms with Crippen molar-refractivity contribution in [3.8, 4) is 5.88 Å². The number of carboxylic acids is 1. The van der Waals surface area contributed by atoms with E-state index in [1.54, 1.807) is 0 Å². The number of aromatic nitrogens is 1. The molecule has 2 aromatic rings. The van der Waals surface area contributed by atoms with Gasteiger partial charge in [0.2, 0.25) is 5.88 Å². The molecule has 3 rings (SSSR count). The molecule has 1 fully saturated rings. The van der Waals surface area contributed by atoms with Crippen molar-refractivity contribution in [1.82, 2.24) is 10.3 Å². The van der Waals surface area contributed by atoms with Crippen LogP contribution >= 0.6 is 0 Å². The minimum Gasteiger partial charge on any atom is -0.480 e. The van der Waals surface area contributed by atoms with Crippen LogP contribution in [0.15, 0.2) is 48.7 Å². The lowest BCUT2D eigenvalue weighted by Crippen LogP contribution is -2.42. The van der Waals surface area contributed by atoms with Crippen molar-refractivity contribution in [2.24, 2.45) is 0 Å². The van der Waals surface area contributed by atoms with Gasteiger partial charge in [-0.1, -0.05) is 30.3 Å². The first-order valence-corrected chi connectivity index (χ1v) is 8.40. The van der Waals surface area contributed by atoms with Crippen LogP contribution in [-0.4, -0.2) is 47.3 Å². The fourth-order valence-electron chi connectivity index (χ4n) is 2.68. The molecule has 2 N–H and O–H groups in total. The van der Waals surface area contributed by atoms with Gasteiger partial charge in [-0.05, 0) is 11.6 Å². The van der Waals surface area contributed by atoms with Gasteiger partial charge in [0.05, 0.1) is 13.2 Å². The second-order valence-electron chi connectivity index (χ2n) is 6.04. The summed E-state index contributed by atoms with van der Waals surface area (Å²) >= 11 is 0. The molecule has 1 aromatic heterocycles. The second kappa shape index (κ2) is 8.44. The first kappa shape index (κ1) is 17.9. The van der Waals surface area contributed by atoms with Gasteiger partial charge in [0.1, 0.15) is 12.1 Å². The van der Waals surface area contributed by atoms with Crippen LogP contribution in [-0.2, 0) is 16.0 Å². The van der Waals surface area contributed by atoms with Gasteiger partial charge in [-0.3, -0.25) is 4.79 Å². The van der Waals surface area contributed by atoms with E-state index in [1.165, 1.54) is 18.3 Å². The van der Waals surface area contributed by atoms with Gasteiger partial charge < -0.3 is 19.9 Å². The molecule has 1 amide bonds. The summed E-state index contributed by atoms with van der Waals surface area (Å²) in [5.74, 6) is -1.25. The lowest BCUT2D eigenvalue weighted by atomic mass is 10.1. The summed E-state index contributed by atoms with van der Waals surface area (Å²) in [5, 5.41) is 12.0. The second-order valence-corrected chi connectivity index (χ2v) is 6.04. The fraction of sp³-hybridized carbons (Fsp3) is 0.316. The Morgan fingerprint density at radius 1 is 1.31 bits per heavy atom. The molecule has 136 valence electrons. The zero-order valence-electron chi connectivity index (χ0n) is 14.1. The summed E-state index contributed by atoms with van der Waals surface area (Å²) in [6.07, 6.45) is 2.37. The third kappa shape index (κ3) is 4.80. The van der Waals surface area contributed by atoms with Gasteiger partial charge in [-0.25, -0.2) is 9.78 Å². The van der Waals surface area contributed by atoms with Crippen LogP contribution in [0.1, 0.15) is 22.3 Å². The number of pyridine rings is 1. The fourth-order valence-corrected chi connectivity index (χ4v) is 2.68. The zero-order chi connectivity index (χ0) is 18.4. The number of nitrogens with one attached hydrogen (secondary N) is 1. The summed E-state index contributed by atoms with van der Waals surface area (Å²) in [4.78, 5) is 28.1. The number of hydrogen-bond donors (Lipinski definition) is 2. The molecule has 7 nitrogen and oxygen atoms in total. The minimum absolute atomic E-state index is 0.0781. The monoisotopic (exact) mass is 356 g/mol. The van der Waals surface area contributed by atoms with Gasteiger partial charge in [0.25, 0.3) is 5.91 Å². The summed E-state index contributed by atoms with van der Waals surface area (Å²) in [7, 11) is 0. The number of carbonyl (C=O) groups is 2. The van der Waals surface area contributed by atoms with Crippen LogP contribution < -0.4 is 10.1 Å². The van der Waals surface area contributed by atoms with Crippen molar-refractivity contribution in [2.75, 3.05) is 13.2 Å². The Labute approximate surface area is 151 Å². The molecule has 1 aliphatic heterocycles. The van der Waals surface area contributed by atoms with Crippen LogP contribution in [0.2, 0.25) is 0 Å². The summed E-state index contributed by atoms with van der Waals surface area (Å²) in [5.41, 5.74) is 1.13. The Morgan fingerprint density at radius 3 is 2.81 bits per heavy atom. The summed E-state index contributed by atoms with van der Waals surface area (Å²) in [6.45, 7) is 1.14. The number of nitrogens with zero attached hydrogens (tertiary/aromatic N) is 1. The van der Waals surface area contributed by atoms with E-state index in [1.807, 2.05) is 30.3 Å². The Bertz CT molecular complexity index is 760. The molecule has 0 saturated carbocycles. The number of rotatable bonds is 7. The largest absolute Gasteiger partial charge is 0.480 e. The molecule has 1 aliphatic rings. The van der Waals surface area contributed by atoms with E-state index in [9.17, 15) is 14.7 Å². The molecule has 2 heterocycles. The average molecular weight is 356 g/mol. The molecule has 1 saturated heterocycles. The number of hydrogen-bond acceptors (Lipinski definition) is 5. The van der Waals surface area contributed by atoms with Gasteiger partial charge in [0.15, 0.2) is 0 Å². The minimum atomic E-state index is -1.09. The standard InChI is InChI=1S/C19H20N2O5/c22-18(21-16(19(23)24)10-13-4-2-1-3-5-13)14-6-8-20-17(11-14)26-15-7-9-25-12-15/h1-6,8,11,15-16H,7,9-10,12H2,(H,21,22)(H,23,24). The molecule has 0 bridgehead atoms. The van der Waals surface area contributed by atoms with E-state index in [0.29, 0.717) is 24.7 Å². The third-order valence-corrected chi connectivity index (χ3v) is 4.06. The van der Waals surface area contributed by atoms with Crippen LogP contribution in [0.4, 0.5) is 0 Å². The van der Waals surface area contributed by atoms with E-state index in [4.69, 9.17) is 9.47 Å². The molecule has 0 aliphatic carbocycles. The first-order chi connectivity index (χ1) is 12.6. The van der Waals surface area contributed by atoms with Gasteiger partial charge >= 0.3 is 5.97 Å². The van der Waals surface area contributed by atoms with E-state index in [2.05, 4.69) is 10.3 Å². The van der Waals surface area contributed by atoms with Crippen molar-refractivity contribution in [1.29, 1.82) is 0 Å². The van der Waals surface area contributed by atoms with Gasteiger partial charge in [0, 0.05) is 30.7 Å². The predicted molar refractivity (Wildman–Crippen MR) is 93.1 cm³/mol. The maximum absolute atomic E-state index is 12.5. The first-order valence-electron chi connectivity index (χ1n) is 8.40. The number of carbonyl (C=O) groups excluding carboxylic acids is 1. The Balaban J connectivity index is 1.66. The molecule has 0 spiro atoms. The Morgan fingerprint density at radius 2 is 2.12 bits per heavy atom. The van der Waals surface area contributed by atoms with Crippen molar-refractivity contribution >= 4 is 11.9 Å². The van der Waals surface area contributed by atoms with E-state index < -0.39 is 17.9 Å². The quantitative estimate of drug-likeness (QED) is 0.783. The van der Waals surface area contributed by atoms with E-state index >= 15 is 0 Å². The number of aliphatic carboxylic acids is 1. The maximum atomic E-state index is 12.5. The lowest BCUT2D eigenvalue weighted by Gasteiger charge is -2.15. The molecule has 1 aromatic carbocycles. The highest BCUT2D eigenvalue weighted by atomic mass is 16.5. The molecular weight excluding hydrogens is 336 g/mol. The SMILES string of the molecule is O=C(NC(Cc1ccccc1)C(=O)O)c1ccnc(OC2CCOC2)c1. The molecule has 0 radical (unpaired) electrons. The highest BCUT2D eigenvalue weighted by molar-refractivity contribution is 5.96. The molecule has 7 heteroatoms. The van der Waals surface area contributed by atoms with E-state index in [0.717, 1.165) is 12.0 Å². The topological polar surface area (TPSA) is 97.8 Å². The molecule has 26 heavy (non-hydrogen) atoms. The third-order valence-electron chi connectivity index (χ3n) is 4.06. The van der Waals surface area contributed by atoms with Crippen LogP contribution in [0.25, 0.3) is 0 Å². The summed E-state index contributed by atoms with van der Waals surface area (Å²) in [6, 6.07) is 11.2. The predicted octanol–water partition coefficient (Wildman–Crippen LogP) is 1.67. The van der Waals surface area contributed by atoms with Crippen molar-refractivity contribution < 1.29 is 24.2 Å². The van der Waals surface area contributed by atoms with Crippen molar-refractivity contribution in [2.45, 2.75) is 25.0 Å². The molecule has 2 unspecified atom stereocenters. The Hall–Kier alpha value is -2.93.